The molecule has 2 amide bonds. The molecule has 1 fully saturated rings. The van der Waals surface area contributed by atoms with Gasteiger partial charge in [0.2, 0.25) is 0 Å². The smallest absolute Gasteiger partial charge is 0.257 e. The van der Waals surface area contributed by atoms with Gasteiger partial charge in [0, 0.05) is 18.7 Å². The van der Waals surface area contributed by atoms with Crippen LogP contribution in [0.25, 0.3) is 0 Å². The van der Waals surface area contributed by atoms with Gasteiger partial charge in [0.05, 0.1) is 17.9 Å². The Morgan fingerprint density at radius 2 is 1.74 bits per heavy atom. The third-order valence-electron chi connectivity index (χ3n) is 5.16. The third-order valence-corrected chi connectivity index (χ3v) is 5.36. The molecule has 3 rings (SSSR count). The Hall–Kier alpha value is -2.93. The fourth-order valence-corrected chi connectivity index (χ4v) is 3.61. The van der Waals surface area contributed by atoms with E-state index in [1.54, 1.807) is 36.4 Å². The Balaban J connectivity index is 1.59. The molecule has 7 heteroatoms. The first kappa shape index (κ1) is 22.7. The summed E-state index contributed by atoms with van der Waals surface area (Å²) in [5.41, 5.74) is 1.61. The number of rotatable bonds is 7. The Morgan fingerprint density at radius 3 is 2.45 bits per heavy atom. The van der Waals surface area contributed by atoms with Gasteiger partial charge in [-0.3, -0.25) is 14.9 Å². The predicted octanol–water partition coefficient (Wildman–Crippen LogP) is 4.62. The summed E-state index contributed by atoms with van der Waals surface area (Å²) in [5.74, 6) is 0.392. The van der Waals surface area contributed by atoms with Crippen molar-refractivity contribution in [2.75, 3.05) is 25.0 Å². The Morgan fingerprint density at radius 1 is 1.03 bits per heavy atom. The van der Waals surface area contributed by atoms with E-state index in [0.717, 1.165) is 50.9 Å². The van der Waals surface area contributed by atoms with E-state index < -0.39 is 0 Å². The van der Waals surface area contributed by atoms with Gasteiger partial charge in [-0.2, -0.15) is 0 Å². The van der Waals surface area contributed by atoms with E-state index in [2.05, 4.69) is 17.6 Å². The maximum atomic E-state index is 12.9. The van der Waals surface area contributed by atoms with Crippen LogP contribution in [0.4, 0.5) is 5.69 Å². The molecule has 0 spiro atoms. The van der Waals surface area contributed by atoms with Crippen molar-refractivity contribution in [1.82, 2.24) is 10.2 Å². The van der Waals surface area contributed by atoms with Crippen molar-refractivity contribution in [2.24, 2.45) is 0 Å². The number of amides is 2. The van der Waals surface area contributed by atoms with E-state index in [-0.39, 0.29) is 16.9 Å². The lowest BCUT2D eigenvalue weighted by molar-refractivity contribution is 0.0725. The number of anilines is 1. The summed E-state index contributed by atoms with van der Waals surface area (Å²) in [6.45, 7) is 4.31. The van der Waals surface area contributed by atoms with Crippen LogP contribution in [-0.2, 0) is 0 Å². The number of benzene rings is 2. The number of nitrogens with one attached hydrogen (secondary N) is 2. The maximum absolute atomic E-state index is 12.9. The lowest BCUT2D eigenvalue weighted by Gasteiger charge is -2.27. The predicted molar refractivity (Wildman–Crippen MR) is 127 cm³/mol. The monoisotopic (exact) mass is 439 g/mol. The van der Waals surface area contributed by atoms with E-state index in [0.29, 0.717) is 23.4 Å². The molecular weight excluding hydrogens is 410 g/mol. The minimum atomic E-state index is -0.322. The number of thiocarbonyl (C=S) groups is 1. The van der Waals surface area contributed by atoms with Gasteiger partial charge < -0.3 is 15.0 Å². The average Bonchev–Trinajstić information content (AvgIpc) is 2.80. The Kier molecular flexibility index (Phi) is 8.41. The normalized spacial score (nSPS) is 13.4. The largest absolute Gasteiger partial charge is 0.494 e. The van der Waals surface area contributed by atoms with Gasteiger partial charge in [0.1, 0.15) is 5.75 Å². The zero-order valence-electron chi connectivity index (χ0n) is 17.9. The summed E-state index contributed by atoms with van der Waals surface area (Å²) in [6, 6.07) is 14.2. The third kappa shape index (κ3) is 6.52. The molecule has 31 heavy (non-hydrogen) atoms. The van der Waals surface area contributed by atoms with Crippen LogP contribution in [-0.4, -0.2) is 41.5 Å². The average molecular weight is 440 g/mol. The lowest BCUT2D eigenvalue weighted by Crippen LogP contribution is -2.37. The summed E-state index contributed by atoms with van der Waals surface area (Å²) in [5, 5.41) is 5.83. The molecule has 0 aliphatic carbocycles. The summed E-state index contributed by atoms with van der Waals surface area (Å²) < 4.78 is 5.62. The number of para-hydroxylation sites is 1. The van der Waals surface area contributed by atoms with Crippen molar-refractivity contribution in [2.45, 2.75) is 39.0 Å². The van der Waals surface area contributed by atoms with Crippen LogP contribution in [0.3, 0.4) is 0 Å². The highest BCUT2D eigenvalue weighted by Crippen LogP contribution is 2.20. The summed E-state index contributed by atoms with van der Waals surface area (Å²) >= 11 is 5.32. The molecule has 0 aromatic heterocycles. The van der Waals surface area contributed by atoms with Crippen LogP contribution in [0.5, 0.6) is 5.75 Å². The van der Waals surface area contributed by atoms with E-state index in [9.17, 15) is 9.59 Å². The number of carbonyl (C=O) groups is 2. The number of hydrogen-bond donors (Lipinski definition) is 2. The second-order valence-corrected chi connectivity index (χ2v) is 7.94. The van der Waals surface area contributed by atoms with Gasteiger partial charge in [-0.05, 0) is 74.3 Å². The van der Waals surface area contributed by atoms with E-state index in [1.807, 2.05) is 17.0 Å². The van der Waals surface area contributed by atoms with Crippen molar-refractivity contribution in [3.05, 3.63) is 59.7 Å². The number of piperidine rings is 1. The molecule has 0 bridgehead atoms. The topological polar surface area (TPSA) is 70.7 Å². The van der Waals surface area contributed by atoms with E-state index in [4.69, 9.17) is 17.0 Å². The highest BCUT2D eigenvalue weighted by Gasteiger charge is 2.21. The first-order chi connectivity index (χ1) is 15.1. The molecule has 1 aliphatic rings. The minimum absolute atomic E-state index is 0.0180. The highest BCUT2D eigenvalue weighted by molar-refractivity contribution is 7.80. The van der Waals surface area contributed by atoms with Crippen molar-refractivity contribution in [3.8, 4) is 5.75 Å². The molecule has 0 unspecified atom stereocenters. The molecule has 2 aromatic rings. The second kappa shape index (κ2) is 11.5. The lowest BCUT2D eigenvalue weighted by atomic mass is 10.1. The fraction of sp³-hybridized carbons (Fsp3) is 0.375. The molecule has 164 valence electrons. The molecule has 1 aliphatic heterocycles. The molecule has 0 radical (unpaired) electrons. The number of carbonyl (C=O) groups excluding carboxylic acids is 2. The van der Waals surface area contributed by atoms with E-state index in [1.165, 1.54) is 0 Å². The number of hydrogen-bond acceptors (Lipinski definition) is 4. The van der Waals surface area contributed by atoms with Crippen LogP contribution in [0, 0.1) is 0 Å². The van der Waals surface area contributed by atoms with Gasteiger partial charge in [0.25, 0.3) is 11.8 Å². The van der Waals surface area contributed by atoms with Gasteiger partial charge in [-0.25, -0.2) is 0 Å². The number of unbranched alkanes of at least 4 members (excludes halogenated alkanes) is 1. The molecule has 1 saturated heterocycles. The van der Waals surface area contributed by atoms with Crippen molar-refractivity contribution in [1.29, 1.82) is 0 Å². The number of likely N-dealkylation sites (tertiary alicyclic amines) is 1. The quantitative estimate of drug-likeness (QED) is 0.487. The zero-order chi connectivity index (χ0) is 22.1. The van der Waals surface area contributed by atoms with Crippen LogP contribution in [0.15, 0.2) is 48.5 Å². The first-order valence-corrected chi connectivity index (χ1v) is 11.2. The first-order valence-electron chi connectivity index (χ1n) is 10.8. The minimum Gasteiger partial charge on any atom is -0.494 e. The van der Waals surface area contributed by atoms with Gasteiger partial charge >= 0.3 is 0 Å². The summed E-state index contributed by atoms with van der Waals surface area (Å²) in [4.78, 5) is 27.3. The number of nitrogens with zero attached hydrogens (tertiary/aromatic N) is 1. The zero-order valence-corrected chi connectivity index (χ0v) is 18.7. The molecular formula is C24H29N3O3S. The SMILES string of the molecule is CCCCOc1ccc(C(=O)NC(=S)Nc2ccccc2C(=O)N2CCCCC2)cc1. The highest BCUT2D eigenvalue weighted by atomic mass is 32.1. The molecule has 6 nitrogen and oxygen atoms in total. The van der Waals surface area contributed by atoms with Gasteiger partial charge in [0.15, 0.2) is 5.11 Å². The van der Waals surface area contributed by atoms with Gasteiger partial charge in [-0.15, -0.1) is 0 Å². The van der Waals surface area contributed by atoms with Crippen molar-refractivity contribution in [3.63, 3.8) is 0 Å². The van der Waals surface area contributed by atoms with Crippen LogP contribution >= 0.6 is 12.2 Å². The molecule has 0 saturated carbocycles. The second-order valence-electron chi connectivity index (χ2n) is 7.53. The molecule has 2 N–H and O–H groups in total. The Labute approximate surface area is 189 Å². The fourth-order valence-electron chi connectivity index (χ4n) is 3.41. The van der Waals surface area contributed by atoms with Crippen molar-refractivity contribution >= 4 is 34.8 Å². The molecule has 0 atom stereocenters. The van der Waals surface area contributed by atoms with E-state index >= 15 is 0 Å². The summed E-state index contributed by atoms with van der Waals surface area (Å²) in [7, 11) is 0. The van der Waals surface area contributed by atoms with Crippen LogP contribution < -0.4 is 15.4 Å². The van der Waals surface area contributed by atoms with Gasteiger partial charge in [-0.1, -0.05) is 25.5 Å². The summed E-state index contributed by atoms with van der Waals surface area (Å²) in [6.07, 6.45) is 5.27. The standard InChI is InChI=1S/C24H29N3O3S/c1-2-3-17-30-19-13-11-18(12-14-19)22(28)26-24(31)25-21-10-6-5-9-20(21)23(29)27-15-7-4-8-16-27/h5-6,9-14H,2-4,7-8,15-17H2,1H3,(H2,25,26,28,31). The molecule has 1 heterocycles. The maximum Gasteiger partial charge on any atom is 0.257 e. The van der Waals surface area contributed by atoms with Crippen LogP contribution in [0.2, 0.25) is 0 Å². The number of ether oxygens (including phenoxy) is 1. The Bertz CT molecular complexity index is 909. The van der Waals surface area contributed by atoms with Crippen LogP contribution in [0.1, 0.15) is 59.7 Å². The molecule has 2 aromatic carbocycles. The van der Waals surface area contributed by atoms with Crippen molar-refractivity contribution < 1.29 is 14.3 Å².